The van der Waals surface area contributed by atoms with Crippen molar-refractivity contribution < 1.29 is 14.3 Å². The van der Waals surface area contributed by atoms with E-state index in [0.29, 0.717) is 23.9 Å². The predicted molar refractivity (Wildman–Crippen MR) is 88.6 cm³/mol. The second-order valence-electron chi connectivity index (χ2n) is 5.45. The quantitative estimate of drug-likeness (QED) is 0.804. The number of ether oxygens (including phenoxy) is 1. The SMILES string of the molecule is Cc1ccccc1OCc1nc(SCC(=O)N2CCCC2=O)n[nH]1. The number of carbonyl (C=O) groups is 2. The average molecular weight is 346 g/mol. The molecule has 1 aromatic carbocycles. The molecule has 1 fully saturated rings. The molecule has 8 heteroatoms. The zero-order chi connectivity index (χ0) is 16.9. The van der Waals surface area contributed by atoms with Crippen molar-refractivity contribution in [2.45, 2.75) is 31.5 Å². The Bertz CT molecular complexity index is 746. The molecule has 0 aliphatic carbocycles. The third-order valence-corrected chi connectivity index (χ3v) is 4.50. The number of hydrogen-bond acceptors (Lipinski definition) is 6. The molecule has 0 spiro atoms. The first-order valence-electron chi connectivity index (χ1n) is 7.69. The summed E-state index contributed by atoms with van der Waals surface area (Å²) in [7, 11) is 0. The lowest BCUT2D eigenvalue weighted by atomic mass is 10.2. The van der Waals surface area contributed by atoms with E-state index in [-0.39, 0.29) is 24.2 Å². The highest BCUT2D eigenvalue weighted by atomic mass is 32.2. The van der Waals surface area contributed by atoms with Crippen LogP contribution >= 0.6 is 11.8 Å². The molecule has 1 saturated heterocycles. The summed E-state index contributed by atoms with van der Waals surface area (Å²) < 4.78 is 5.69. The first-order valence-corrected chi connectivity index (χ1v) is 8.68. The van der Waals surface area contributed by atoms with Gasteiger partial charge in [0, 0.05) is 13.0 Å². The van der Waals surface area contributed by atoms with Crippen LogP contribution < -0.4 is 4.74 Å². The molecule has 0 atom stereocenters. The van der Waals surface area contributed by atoms with E-state index in [9.17, 15) is 9.59 Å². The normalized spacial score (nSPS) is 14.2. The summed E-state index contributed by atoms with van der Waals surface area (Å²) in [6.07, 6.45) is 1.20. The number of hydrogen-bond donors (Lipinski definition) is 1. The minimum atomic E-state index is -0.190. The number of thioether (sulfide) groups is 1. The molecule has 2 amide bonds. The highest BCUT2D eigenvalue weighted by Crippen LogP contribution is 2.19. The standard InChI is InChI=1S/C16H18N4O3S/c1-11-5-2-3-6-12(11)23-9-13-17-16(19-18-13)24-10-15(22)20-8-4-7-14(20)21/h2-3,5-6H,4,7-10H2,1H3,(H,17,18,19). The largest absolute Gasteiger partial charge is 0.485 e. The molecule has 7 nitrogen and oxygen atoms in total. The number of carbonyl (C=O) groups excluding carboxylic acids is 2. The van der Waals surface area contributed by atoms with Gasteiger partial charge in [0.05, 0.1) is 5.75 Å². The van der Waals surface area contributed by atoms with Gasteiger partial charge >= 0.3 is 0 Å². The third-order valence-electron chi connectivity index (χ3n) is 3.67. The Morgan fingerprint density at radius 1 is 1.42 bits per heavy atom. The van der Waals surface area contributed by atoms with Crippen LogP contribution in [-0.4, -0.2) is 44.2 Å². The number of imide groups is 1. The zero-order valence-corrected chi connectivity index (χ0v) is 14.1. The minimum Gasteiger partial charge on any atom is -0.485 e. The Balaban J connectivity index is 1.49. The van der Waals surface area contributed by atoms with Gasteiger partial charge in [-0.1, -0.05) is 30.0 Å². The summed E-state index contributed by atoms with van der Waals surface area (Å²) in [6.45, 7) is 2.76. The van der Waals surface area contributed by atoms with Crippen molar-refractivity contribution in [1.82, 2.24) is 20.1 Å². The van der Waals surface area contributed by atoms with Gasteiger partial charge in [-0.3, -0.25) is 19.6 Å². The smallest absolute Gasteiger partial charge is 0.239 e. The molecule has 2 aromatic rings. The second kappa shape index (κ2) is 7.48. The number of benzene rings is 1. The maximum atomic E-state index is 12.0. The van der Waals surface area contributed by atoms with Gasteiger partial charge in [-0.15, -0.1) is 5.10 Å². The van der Waals surface area contributed by atoms with E-state index in [2.05, 4.69) is 15.2 Å². The molecule has 0 unspecified atom stereocenters. The van der Waals surface area contributed by atoms with E-state index in [1.54, 1.807) is 0 Å². The van der Waals surface area contributed by atoms with Gasteiger partial charge in [0.1, 0.15) is 12.4 Å². The van der Waals surface area contributed by atoms with Crippen LogP contribution in [0.2, 0.25) is 0 Å². The van der Waals surface area contributed by atoms with Gasteiger partial charge < -0.3 is 4.74 Å². The van der Waals surface area contributed by atoms with Crippen LogP contribution in [0.25, 0.3) is 0 Å². The number of aromatic amines is 1. The van der Waals surface area contributed by atoms with Gasteiger partial charge in [-0.05, 0) is 25.0 Å². The van der Waals surface area contributed by atoms with Crippen molar-refractivity contribution in [2.24, 2.45) is 0 Å². The van der Waals surface area contributed by atoms with Crippen LogP contribution in [0, 0.1) is 6.92 Å². The Morgan fingerprint density at radius 2 is 2.25 bits per heavy atom. The van der Waals surface area contributed by atoms with Crippen LogP contribution in [0.4, 0.5) is 0 Å². The topological polar surface area (TPSA) is 88.2 Å². The summed E-state index contributed by atoms with van der Waals surface area (Å²) in [4.78, 5) is 29.1. The Labute approximate surface area is 143 Å². The van der Waals surface area contributed by atoms with E-state index < -0.39 is 0 Å². The summed E-state index contributed by atoms with van der Waals surface area (Å²) in [5.74, 6) is 1.26. The Kier molecular flexibility index (Phi) is 5.14. The number of H-pyrrole nitrogens is 1. The van der Waals surface area contributed by atoms with Gasteiger partial charge in [0.25, 0.3) is 0 Å². The summed E-state index contributed by atoms with van der Waals surface area (Å²) in [5, 5.41) is 7.33. The Hall–Kier alpha value is -2.35. The van der Waals surface area contributed by atoms with Gasteiger partial charge in [-0.25, -0.2) is 4.98 Å². The van der Waals surface area contributed by atoms with Gasteiger partial charge in [-0.2, -0.15) is 0 Å². The first-order chi connectivity index (χ1) is 11.6. The maximum absolute atomic E-state index is 12.0. The van der Waals surface area contributed by atoms with E-state index in [4.69, 9.17) is 4.74 Å². The molecule has 0 bridgehead atoms. The van der Waals surface area contributed by atoms with Crippen molar-refractivity contribution in [2.75, 3.05) is 12.3 Å². The molecule has 1 aromatic heterocycles. The lowest BCUT2D eigenvalue weighted by Gasteiger charge is -2.11. The Morgan fingerprint density at radius 3 is 3.00 bits per heavy atom. The molecule has 3 rings (SSSR count). The van der Waals surface area contributed by atoms with Crippen molar-refractivity contribution >= 4 is 23.6 Å². The number of amides is 2. The molecule has 126 valence electrons. The molecule has 1 aliphatic heterocycles. The van der Waals surface area contributed by atoms with E-state index in [1.807, 2.05) is 31.2 Å². The fourth-order valence-corrected chi connectivity index (χ4v) is 3.08. The number of nitrogens with zero attached hydrogens (tertiary/aromatic N) is 3. The molecule has 0 radical (unpaired) electrons. The highest BCUT2D eigenvalue weighted by molar-refractivity contribution is 7.99. The van der Waals surface area contributed by atoms with Crippen molar-refractivity contribution in [1.29, 1.82) is 0 Å². The lowest BCUT2D eigenvalue weighted by Crippen LogP contribution is -2.33. The van der Waals surface area contributed by atoms with Gasteiger partial charge in [0.15, 0.2) is 5.82 Å². The van der Waals surface area contributed by atoms with Gasteiger partial charge in [0.2, 0.25) is 17.0 Å². The first kappa shape index (κ1) is 16.5. The average Bonchev–Trinajstić information content (AvgIpc) is 3.21. The second-order valence-corrected chi connectivity index (χ2v) is 6.39. The number of aryl methyl sites for hydroxylation is 1. The maximum Gasteiger partial charge on any atom is 0.239 e. The molecule has 1 N–H and O–H groups in total. The number of aromatic nitrogens is 3. The predicted octanol–water partition coefficient (Wildman–Crippen LogP) is 1.93. The van der Waals surface area contributed by atoms with Crippen LogP contribution in [-0.2, 0) is 16.2 Å². The van der Waals surface area contributed by atoms with E-state index in [1.165, 1.54) is 16.7 Å². The molecule has 0 saturated carbocycles. The monoisotopic (exact) mass is 346 g/mol. The van der Waals surface area contributed by atoms with Crippen LogP contribution in [0.1, 0.15) is 24.2 Å². The van der Waals surface area contributed by atoms with Crippen LogP contribution in [0.3, 0.4) is 0 Å². The van der Waals surface area contributed by atoms with Crippen molar-refractivity contribution in [3.05, 3.63) is 35.7 Å². The van der Waals surface area contributed by atoms with E-state index >= 15 is 0 Å². The summed E-state index contributed by atoms with van der Waals surface area (Å²) >= 11 is 1.21. The van der Waals surface area contributed by atoms with Crippen LogP contribution in [0.15, 0.2) is 29.4 Å². The number of rotatable bonds is 6. The number of nitrogens with one attached hydrogen (secondary N) is 1. The molecular weight excluding hydrogens is 328 g/mol. The minimum absolute atomic E-state index is 0.0945. The molecule has 24 heavy (non-hydrogen) atoms. The van der Waals surface area contributed by atoms with Crippen molar-refractivity contribution in [3.63, 3.8) is 0 Å². The summed E-state index contributed by atoms with van der Waals surface area (Å²) in [6, 6.07) is 7.73. The zero-order valence-electron chi connectivity index (χ0n) is 13.3. The number of para-hydroxylation sites is 1. The molecular formula is C16H18N4O3S. The lowest BCUT2D eigenvalue weighted by molar-refractivity contribution is -0.140. The van der Waals surface area contributed by atoms with Crippen LogP contribution in [0.5, 0.6) is 5.75 Å². The molecule has 2 heterocycles. The van der Waals surface area contributed by atoms with Crippen molar-refractivity contribution in [3.8, 4) is 5.75 Å². The number of likely N-dealkylation sites (tertiary alicyclic amines) is 1. The fourth-order valence-electron chi connectivity index (χ4n) is 2.39. The highest BCUT2D eigenvalue weighted by Gasteiger charge is 2.26. The third kappa shape index (κ3) is 3.94. The molecule has 1 aliphatic rings. The fraction of sp³-hybridized carbons (Fsp3) is 0.375. The summed E-state index contributed by atoms with van der Waals surface area (Å²) in [5.41, 5.74) is 1.05. The van der Waals surface area contributed by atoms with E-state index in [0.717, 1.165) is 17.7 Å².